The molecule has 22 heavy (non-hydrogen) atoms. The van der Waals surface area contributed by atoms with Crippen LogP contribution in [0.1, 0.15) is 15.9 Å². The van der Waals surface area contributed by atoms with Crippen molar-refractivity contribution in [3.63, 3.8) is 0 Å². The minimum absolute atomic E-state index is 0.0237. The molecule has 7 heteroatoms. The molecule has 2 heterocycles. The van der Waals surface area contributed by atoms with Gasteiger partial charge in [-0.25, -0.2) is 9.37 Å². The molecule has 1 amide bonds. The summed E-state index contributed by atoms with van der Waals surface area (Å²) in [6.07, 6.45) is 3.20. The highest BCUT2D eigenvalue weighted by molar-refractivity contribution is 7.15. The number of hydrogen-bond donors (Lipinski definition) is 1. The molecule has 112 valence electrons. The van der Waals surface area contributed by atoms with Crippen molar-refractivity contribution in [3.8, 4) is 0 Å². The van der Waals surface area contributed by atoms with Gasteiger partial charge in [0.1, 0.15) is 11.4 Å². The minimum atomic E-state index is -0.505. The lowest BCUT2D eigenvalue weighted by Crippen LogP contribution is -2.32. The molecule has 0 saturated heterocycles. The first kappa shape index (κ1) is 14.4. The molecule has 0 bridgehead atoms. The van der Waals surface area contributed by atoms with Crippen LogP contribution in [0.4, 0.5) is 4.39 Å². The molecule has 1 N–H and O–H groups in total. The van der Waals surface area contributed by atoms with Crippen LogP contribution in [-0.4, -0.2) is 21.8 Å². The van der Waals surface area contributed by atoms with Crippen molar-refractivity contribution in [1.82, 2.24) is 14.7 Å². The van der Waals surface area contributed by atoms with Crippen LogP contribution in [0.25, 0.3) is 4.96 Å². The number of rotatable bonds is 4. The maximum absolute atomic E-state index is 13.5. The summed E-state index contributed by atoms with van der Waals surface area (Å²) < 4.78 is 14.8. The summed E-state index contributed by atoms with van der Waals surface area (Å²) in [5.74, 6) is -0.812. The summed E-state index contributed by atoms with van der Waals surface area (Å²) in [6, 6.07) is 6.38. The van der Waals surface area contributed by atoms with E-state index in [1.165, 1.54) is 28.0 Å². The number of nitrogens with one attached hydrogen (secondary N) is 1. The highest BCUT2D eigenvalue weighted by Crippen LogP contribution is 2.07. The molecule has 3 rings (SSSR count). The number of benzene rings is 1. The van der Waals surface area contributed by atoms with Crippen molar-refractivity contribution < 1.29 is 9.18 Å². The fraction of sp³-hybridized carbons (Fsp3) is 0.133. The van der Waals surface area contributed by atoms with Gasteiger partial charge >= 0.3 is 0 Å². The van der Waals surface area contributed by atoms with Gasteiger partial charge in [-0.3, -0.25) is 14.0 Å². The van der Waals surface area contributed by atoms with Gasteiger partial charge < -0.3 is 5.32 Å². The standard InChI is InChI=1S/C15H12FN3O2S/c16-12-4-2-1-3-10(12)5-6-17-13(20)11-9-18-15-19(14(11)21)7-8-22-15/h1-4,7-9H,5-6H2,(H,17,20). The molecule has 0 aliphatic rings. The molecule has 3 aromatic rings. The number of carbonyl (C=O) groups excluding carboxylic acids is 1. The Balaban J connectivity index is 1.70. The zero-order valence-electron chi connectivity index (χ0n) is 11.5. The zero-order valence-corrected chi connectivity index (χ0v) is 12.3. The number of hydrogen-bond acceptors (Lipinski definition) is 4. The van der Waals surface area contributed by atoms with Crippen LogP contribution >= 0.6 is 11.3 Å². The van der Waals surface area contributed by atoms with Crippen LogP contribution in [0.15, 0.2) is 46.8 Å². The molecular formula is C15H12FN3O2S. The van der Waals surface area contributed by atoms with E-state index >= 15 is 0 Å². The lowest BCUT2D eigenvalue weighted by atomic mass is 10.1. The summed E-state index contributed by atoms with van der Waals surface area (Å²) in [7, 11) is 0. The van der Waals surface area contributed by atoms with Crippen molar-refractivity contribution in [1.29, 1.82) is 0 Å². The smallest absolute Gasteiger partial charge is 0.271 e. The van der Waals surface area contributed by atoms with E-state index in [1.807, 2.05) is 0 Å². The predicted molar refractivity (Wildman–Crippen MR) is 81.8 cm³/mol. The zero-order chi connectivity index (χ0) is 15.5. The van der Waals surface area contributed by atoms with E-state index in [1.54, 1.807) is 29.8 Å². The highest BCUT2D eigenvalue weighted by atomic mass is 32.1. The normalized spacial score (nSPS) is 10.8. The predicted octanol–water partition coefficient (Wildman–Crippen LogP) is 1.87. The molecule has 0 unspecified atom stereocenters. The number of halogens is 1. The summed E-state index contributed by atoms with van der Waals surface area (Å²) in [5, 5.41) is 4.34. The number of amides is 1. The van der Waals surface area contributed by atoms with Gasteiger partial charge in [-0.15, -0.1) is 11.3 Å². The van der Waals surface area contributed by atoms with Crippen molar-refractivity contribution in [2.45, 2.75) is 6.42 Å². The lowest BCUT2D eigenvalue weighted by Gasteiger charge is -2.06. The second-order valence-corrected chi connectivity index (χ2v) is 5.50. The van der Waals surface area contributed by atoms with E-state index in [9.17, 15) is 14.0 Å². The number of carbonyl (C=O) groups is 1. The Kier molecular flexibility index (Phi) is 3.97. The van der Waals surface area contributed by atoms with E-state index < -0.39 is 11.5 Å². The van der Waals surface area contributed by atoms with Crippen molar-refractivity contribution >= 4 is 22.2 Å². The maximum Gasteiger partial charge on any atom is 0.271 e. The highest BCUT2D eigenvalue weighted by Gasteiger charge is 2.13. The van der Waals surface area contributed by atoms with Gasteiger partial charge in [-0.05, 0) is 18.1 Å². The van der Waals surface area contributed by atoms with E-state index in [0.717, 1.165) is 0 Å². The Morgan fingerprint density at radius 1 is 1.36 bits per heavy atom. The van der Waals surface area contributed by atoms with Crippen LogP contribution in [0.5, 0.6) is 0 Å². The molecular weight excluding hydrogens is 305 g/mol. The van der Waals surface area contributed by atoms with Gasteiger partial charge in [0.25, 0.3) is 11.5 Å². The monoisotopic (exact) mass is 317 g/mol. The fourth-order valence-corrected chi connectivity index (χ4v) is 2.76. The average molecular weight is 317 g/mol. The number of thiazole rings is 1. The van der Waals surface area contributed by atoms with Gasteiger partial charge in [0.15, 0.2) is 4.96 Å². The van der Waals surface area contributed by atoms with Gasteiger partial charge in [0, 0.05) is 24.3 Å². The first-order valence-corrected chi connectivity index (χ1v) is 7.51. The molecule has 0 saturated carbocycles. The fourth-order valence-electron chi connectivity index (χ4n) is 2.09. The largest absolute Gasteiger partial charge is 0.351 e. The molecule has 0 atom stereocenters. The van der Waals surface area contributed by atoms with Crippen LogP contribution < -0.4 is 10.9 Å². The Morgan fingerprint density at radius 2 is 2.18 bits per heavy atom. The van der Waals surface area contributed by atoms with Crippen LogP contribution in [0, 0.1) is 5.82 Å². The molecule has 0 aliphatic carbocycles. The molecule has 0 fully saturated rings. The first-order valence-electron chi connectivity index (χ1n) is 6.63. The third-order valence-corrected chi connectivity index (χ3v) is 4.00. The topological polar surface area (TPSA) is 63.5 Å². The van der Waals surface area contributed by atoms with Crippen LogP contribution in [-0.2, 0) is 6.42 Å². The second kappa shape index (κ2) is 6.07. The van der Waals surface area contributed by atoms with Gasteiger partial charge in [-0.2, -0.15) is 0 Å². The Morgan fingerprint density at radius 3 is 3.00 bits per heavy atom. The molecule has 0 radical (unpaired) electrons. The van der Waals surface area contributed by atoms with Gasteiger partial charge in [0.05, 0.1) is 0 Å². The SMILES string of the molecule is O=C(NCCc1ccccc1F)c1cnc2sccn2c1=O. The molecule has 0 spiro atoms. The third-order valence-electron chi connectivity index (χ3n) is 3.23. The maximum atomic E-state index is 13.5. The number of fused-ring (bicyclic) bond motifs is 1. The number of aromatic nitrogens is 2. The van der Waals surface area contributed by atoms with Crippen molar-refractivity contribution in [3.05, 3.63) is 69.3 Å². The summed E-state index contributed by atoms with van der Waals surface area (Å²) in [5.41, 5.74) is 0.0880. The summed E-state index contributed by atoms with van der Waals surface area (Å²) >= 11 is 1.32. The van der Waals surface area contributed by atoms with Crippen LogP contribution in [0.3, 0.4) is 0 Å². The third kappa shape index (κ3) is 2.75. The van der Waals surface area contributed by atoms with E-state index in [2.05, 4.69) is 10.3 Å². The summed E-state index contributed by atoms with van der Waals surface area (Å²) in [6.45, 7) is 0.242. The minimum Gasteiger partial charge on any atom is -0.351 e. The van der Waals surface area contributed by atoms with Gasteiger partial charge in [-0.1, -0.05) is 18.2 Å². The van der Waals surface area contributed by atoms with E-state index in [-0.39, 0.29) is 17.9 Å². The molecule has 0 aliphatic heterocycles. The molecule has 2 aromatic heterocycles. The van der Waals surface area contributed by atoms with E-state index in [4.69, 9.17) is 0 Å². The molecule has 5 nitrogen and oxygen atoms in total. The molecule has 1 aromatic carbocycles. The second-order valence-electron chi connectivity index (χ2n) is 4.63. The Bertz CT molecular complexity index is 888. The first-order chi connectivity index (χ1) is 10.7. The Labute approximate surface area is 129 Å². The van der Waals surface area contributed by atoms with Gasteiger partial charge in [0.2, 0.25) is 0 Å². The Hall–Kier alpha value is -2.54. The quantitative estimate of drug-likeness (QED) is 0.799. The lowest BCUT2D eigenvalue weighted by molar-refractivity contribution is 0.0952. The number of nitrogens with zero attached hydrogens (tertiary/aromatic N) is 2. The van der Waals surface area contributed by atoms with Crippen molar-refractivity contribution in [2.24, 2.45) is 0 Å². The average Bonchev–Trinajstić information content (AvgIpc) is 2.99. The van der Waals surface area contributed by atoms with E-state index in [0.29, 0.717) is 16.9 Å². The van der Waals surface area contributed by atoms with Crippen molar-refractivity contribution in [2.75, 3.05) is 6.54 Å². The summed E-state index contributed by atoms with van der Waals surface area (Å²) in [4.78, 5) is 28.8. The van der Waals surface area contributed by atoms with Crippen LogP contribution in [0.2, 0.25) is 0 Å².